The van der Waals surface area contributed by atoms with Crippen LogP contribution in [0.5, 0.6) is 11.5 Å². The highest BCUT2D eigenvalue weighted by molar-refractivity contribution is 7.79. The Morgan fingerprint density at radius 1 is 1.30 bits per heavy atom. The number of benzene rings is 1. The summed E-state index contributed by atoms with van der Waals surface area (Å²) < 4.78 is 37.9. The number of hydrogen-bond donors (Lipinski definition) is 3. The Hall–Kier alpha value is -1.35. The van der Waals surface area contributed by atoms with Gasteiger partial charge in [0.2, 0.25) is 10.4 Å². The summed E-state index contributed by atoms with van der Waals surface area (Å²) >= 11 is 0. The molecule has 7 nitrogen and oxygen atoms in total. The molecule has 0 aromatic heterocycles. The number of quaternary nitrogens is 1. The van der Waals surface area contributed by atoms with E-state index in [1.807, 2.05) is 12.1 Å². The lowest BCUT2D eigenvalue weighted by Gasteiger charge is -2.15. The molecule has 3 N–H and O–H groups in total. The Labute approximate surface area is 119 Å². The van der Waals surface area contributed by atoms with Gasteiger partial charge in [-0.25, -0.2) is 8.42 Å². The summed E-state index contributed by atoms with van der Waals surface area (Å²) in [7, 11) is -3.34. The van der Waals surface area contributed by atoms with Crippen molar-refractivity contribution in [1.29, 1.82) is 0 Å². The molecule has 0 saturated carbocycles. The van der Waals surface area contributed by atoms with E-state index in [4.69, 9.17) is 22.3 Å². The van der Waals surface area contributed by atoms with Crippen molar-refractivity contribution in [2.24, 2.45) is 0 Å². The van der Waals surface area contributed by atoms with Crippen LogP contribution in [-0.4, -0.2) is 42.8 Å². The van der Waals surface area contributed by atoms with Gasteiger partial charge in [-0.1, -0.05) is 0 Å². The van der Waals surface area contributed by atoms with Gasteiger partial charge in [-0.2, -0.15) is 0 Å². The number of methoxy groups -OCH3 is 1. The lowest BCUT2D eigenvalue weighted by Crippen LogP contribution is -3.10. The highest BCUT2D eigenvalue weighted by Gasteiger charge is 2.07. The molecule has 0 spiro atoms. The van der Waals surface area contributed by atoms with Gasteiger partial charge >= 0.3 is 0 Å². The maximum atomic E-state index is 9.45. The molecule has 0 radical (unpaired) electrons. The van der Waals surface area contributed by atoms with Crippen LogP contribution in [0, 0.1) is 0 Å². The fraction of sp³-hybridized carbons (Fsp3) is 0.500. The van der Waals surface area contributed by atoms with E-state index in [-0.39, 0.29) is 5.75 Å². The summed E-state index contributed by atoms with van der Waals surface area (Å²) in [6.07, 6.45) is 0. The number of rotatable bonds is 5. The second-order valence-corrected chi connectivity index (χ2v) is 4.92. The molecule has 0 heterocycles. The zero-order valence-corrected chi connectivity index (χ0v) is 12.6. The van der Waals surface area contributed by atoms with Crippen LogP contribution in [0.15, 0.2) is 18.2 Å². The van der Waals surface area contributed by atoms with Gasteiger partial charge in [-0.3, -0.25) is 4.55 Å². The molecule has 8 heteroatoms. The van der Waals surface area contributed by atoms with E-state index in [0.29, 0.717) is 5.75 Å². The molecule has 116 valence electrons. The fourth-order valence-corrected chi connectivity index (χ4v) is 1.62. The quantitative estimate of drug-likeness (QED) is 0.514. The third-order valence-corrected chi connectivity index (χ3v) is 2.70. The van der Waals surface area contributed by atoms with Gasteiger partial charge in [-0.05, 0) is 32.0 Å². The average molecular weight is 307 g/mol. The molecule has 0 atom stereocenters. The molecular weight excluding hydrogens is 286 g/mol. The third-order valence-electron chi connectivity index (χ3n) is 2.70. The largest absolute Gasteiger partial charge is 0.726 e. The van der Waals surface area contributed by atoms with E-state index in [1.54, 1.807) is 13.2 Å². The molecule has 1 aromatic rings. The van der Waals surface area contributed by atoms with Crippen molar-refractivity contribution in [3.8, 4) is 11.5 Å². The van der Waals surface area contributed by atoms with Gasteiger partial charge in [0, 0.05) is 5.56 Å². The van der Waals surface area contributed by atoms with E-state index in [0.717, 1.165) is 19.6 Å². The monoisotopic (exact) mass is 307 g/mol. The first-order chi connectivity index (χ1) is 9.21. The van der Waals surface area contributed by atoms with Crippen molar-refractivity contribution in [2.45, 2.75) is 20.4 Å². The van der Waals surface area contributed by atoms with E-state index in [2.05, 4.69) is 13.8 Å². The fourth-order valence-electron chi connectivity index (χ4n) is 1.62. The van der Waals surface area contributed by atoms with E-state index >= 15 is 0 Å². The molecule has 0 amide bonds. The summed E-state index contributed by atoms with van der Waals surface area (Å²) in [5, 5.41) is 9.45. The zero-order valence-electron chi connectivity index (χ0n) is 11.8. The van der Waals surface area contributed by atoms with Crippen LogP contribution in [0.25, 0.3) is 0 Å². The number of nitrogens with one attached hydrogen (secondary N) is 1. The predicted octanol–water partition coefficient (Wildman–Crippen LogP) is -0.170. The number of hydrogen-bond acceptors (Lipinski definition) is 5. The first-order valence-corrected chi connectivity index (χ1v) is 7.45. The SMILES string of the molecule is CC[NH+](CC)Cc1ccc(O)c(OC)c1.O=S(=O)([O-])O. The molecule has 0 aliphatic rings. The van der Waals surface area contributed by atoms with Crippen LogP contribution < -0.4 is 9.64 Å². The molecular formula is C12H21NO6S. The minimum absolute atomic E-state index is 0.204. The molecule has 1 rings (SSSR count). The Balaban J connectivity index is 0.000000621. The average Bonchev–Trinajstić information content (AvgIpc) is 2.35. The van der Waals surface area contributed by atoms with Crippen LogP contribution in [0.3, 0.4) is 0 Å². The molecule has 0 fully saturated rings. The first kappa shape index (κ1) is 18.7. The lowest BCUT2D eigenvalue weighted by atomic mass is 10.2. The summed E-state index contributed by atoms with van der Waals surface area (Å²) in [6, 6.07) is 5.54. The van der Waals surface area contributed by atoms with Gasteiger partial charge in [-0.15, -0.1) is 0 Å². The Kier molecular flexibility index (Phi) is 8.16. The highest BCUT2D eigenvalue weighted by Crippen LogP contribution is 2.25. The van der Waals surface area contributed by atoms with Crippen molar-refractivity contribution in [3.05, 3.63) is 23.8 Å². The summed E-state index contributed by atoms with van der Waals surface area (Å²) in [4.78, 5) is 1.52. The van der Waals surface area contributed by atoms with Gasteiger partial charge < -0.3 is 19.3 Å². The van der Waals surface area contributed by atoms with Crippen LogP contribution >= 0.6 is 0 Å². The minimum Gasteiger partial charge on any atom is -0.726 e. The van der Waals surface area contributed by atoms with Gasteiger partial charge in [0.1, 0.15) is 6.54 Å². The van der Waals surface area contributed by atoms with Crippen molar-refractivity contribution < 1.29 is 32.3 Å². The lowest BCUT2D eigenvalue weighted by molar-refractivity contribution is -0.910. The highest BCUT2D eigenvalue weighted by atomic mass is 32.3. The van der Waals surface area contributed by atoms with Gasteiger partial charge in [0.05, 0.1) is 20.2 Å². The second kappa shape index (κ2) is 8.75. The van der Waals surface area contributed by atoms with E-state index < -0.39 is 10.4 Å². The van der Waals surface area contributed by atoms with E-state index in [9.17, 15) is 5.11 Å². The topological polar surface area (TPSA) is 111 Å². The van der Waals surface area contributed by atoms with Gasteiger partial charge in [0.15, 0.2) is 11.5 Å². The number of aromatic hydroxyl groups is 1. The number of phenolic OH excluding ortho intramolecular Hbond substituents is 1. The molecule has 0 unspecified atom stereocenters. The zero-order chi connectivity index (χ0) is 15.8. The van der Waals surface area contributed by atoms with Crippen molar-refractivity contribution in [2.75, 3.05) is 20.2 Å². The van der Waals surface area contributed by atoms with Crippen molar-refractivity contribution in [3.63, 3.8) is 0 Å². The predicted molar refractivity (Wildman–Crippen MR) is 72.7 cm³/mol. The molecule has 0 aliphatic heterocycles. The Bertz CT molecular complexity index is 491. The van der Waals surface area contributed by atoms with Crippen LogP contribution in [0.2, 0.25) is 0 Å². The third kappa shape index (κ3) is 8.70. The molecule has 0 bridgehead atoms. The van der Waals surface area contributed by atoms with Crippen LogP contribution in [0.4, 0.5) is 0 Å². The Morgan fingerprint density at radius 3 is 2.20 bits per heavy atom. The normalized spacial score (nSPS) is 10.9. The van der Waals surface area contributed by atoms with E-state index in [1.165, 1.54) is 10.5 Å². The van der Waals surface area contributed by atoms with Crippen molar-refractivity contribution in [1.82, 2.24) is 0 Å². The second-order valence-electron chi connectivity index (χ2n) is 4.07. The van der Waals surface area contributed by atoms with Crippen molar-refractivity contribution >= 4 is 10.4 Å². The number of ether oxygens (including phenoxy) is 1. The molecule has 1 aromatic carbocycles. The van der Waals surface area contributed by atoms with Crippen LogP contribution in [-0.2, 0) is 16.9 Å². The molecule has 0 saturated heterocycles. The maximum absolute atomic E-state index is 9.45. The van der Waals surface area contributed by atoms with Gasteiger partial charge in [0.25, 0.3) is 0 Å². The summed E-state index contributed by atoms with van der Waals surface area (Å²) in [5.74, 6) is 0.759. The first-order valence-electron chi connectivity index (χ1n) is 6.09. The number of phenols is 1. The smallest absolute Gasteiger partial charge is 0.215 e. The molecule has 20 heavy (non-hydrogen) atoms. The summed E-state index contributed by atoms with van der Waals surface area (Å²) in [6.45, 7) is 7.55. The molecule has 0 aliphatic carbocycles. The Morgan fingerprint density at radius 2 is 1.80 bits per heavy atom. The summed E-state index contributed by atoms with van der Waals surface area (Å²) in [5.41, 5.74) is 1.20. The standard InChI is InChI=1S/C12H19NO2.H2O4S/c1-4-13(5-2)9-10-6-7-11(14)12(8-10)15-3;1-5(2,3)4/h6-8,14H,4-5,9H2,1-3H3;(H2,1,2,3,4). The maximum Gasteiger partial charge on any atom is 0.215 e. The van der Waals surface area contributed by atoms with Crippen LogP contribution in [0.1, 0.15) is 19.4 Å². The minimum atomic E-state index is -4.92.